The normalized spacial score (nSPS) is 18.5. The standard InChI is InChI=1S/C33H36OSi/c1-32(2,3)35(29-17-7-5-8-18-29,30-19-9-6-10-20-30)34-23-22-33(4)21-13-16-28-24-26-14-11-12-15-27(26)25-31(28)33/h5-12,14-15,17-20,22-25H,13,16,21H2,1-4H3/b23-22+. The topological polar surface area (TPSA) is 9.23 Å². The second-order valence-corrected chi connectivity index (χ2v) is 15.5. The second-order valence-electron chi connectivity index (χ2n) is 11.2. The first-order valence-electron chi connectivity index (χ1n) is 12.8. The lowest BCUT2D eigenvalue weighted by Gasteiger charge is -2.42. The van der Waals surface area contributed by atoms with Crippen molar-refractivity contribution in [3.05, 3.63) is 121 Å². The Labute approximate surface area is 211 Å². The maximum absolute atomic E-state index is 7.10. The molecule has 0 amide bonds. The van der Waals surface area contributed by atoms with Crippen LogP contribution in [0.25, 0.3) is 10.8 Å². The molecular formula is C33H36OSi. The Morgan fingerprint density at radius 3 is 1.89 bits per heavy atom. The van der Waals surface area contributed by atoms with E-state index in [0.29, 0.717) is 0 Å². The zero-order valence-electron chi connectivity index (χ0n) is 21.4. The van der Waals surface area contributed by atoms with Crippen molar-refractivity contribution in [1.29, 1.82) is 0 Å². The molecule has 0 bridgehead atoms. The average Bonchev–Trinajstić information content (AvgIpc) is 2.86. The van der Waals surface area contributed by atoms with Gasteiger partial charge in [-0.2, -0.15) is 0 Å². The molecule has 0 heterocycles. The summed E-state index contributed by atoms with van der Waals surface area (Å²) in [5.74, 6) is 0. The van der Waals surface area contributed by atoms with E-state index in [-0.39, 0.29) is 10.5 Å². The average molecular weight is 477 g/mol. The van der Waals surface area contributed by atoms with E-state index in [2.05, 4.69) is 137 Å². The van der Waals surface area contributed by atoms with Gasteiger partial charge < -0.3 is 4.43 Å². The Balaban J connectivity index is 1.58. The lowest BCUT2D eigenvalue weighted by atomic mass is 9.71. The predicted molar refractivity (Wildman–Crippen MR) is 152 cm³/mol. The molecule has 0 saturated carbocycles. The van der Waals surface area contributed by atoms with Crippen LogP contribution in [0.15, 0.2) is 109 Å². The Bertz CT molecular complexity index is 1290. The first-order chi connectivity index (χ1) is 16.8. The van der Waals surface area contributed by atoms with Gasteiger partial charge in [-0.15, -0.1) is 0 Å². The SMILES string of the molecule is CC1(/C=C/O[Si](c2ccccc2)(c2ccccc2)C(C)(C)C)CCCc2cc3ccccc3cc21. The van der Waals surface area contributed by atoms with Crippen LogP contribution in [0.2, 0.25) is 5.04 Å². The third-order valence-corrected chi connectivity index (χ3v) is 12.7. The molecule has 0 saturated heterocycles. The van der Waals surface area contributed by atoms with Gasteiger partial charge in [0.1, 0.15) is 0 Å². The number of rotatable bonds is 5. The minimum atomic E-state index is -2.59. The summed E-state index contributed by atoms with van der Waals surface area (Å²) in [5.41, 5.74) is 2.89. The van der Waals surface area contributed by atoms with Crippen molar-refractivity contribution >= 4 is 29.5 Å². The zero-order valence-corrected chi connectivity index (χ0v) is 22.4. The van der Waals surface area contributed by atoms with Crippen molar-refractivity contribution in [2.75, 3.05) is 0 Å². The third kappa shape index (κ3) is 4.25. The zero-order chi connectivity index (χ0) is 24.5. The van der Waals surface area contributed by atoms with E-state index in [1.165, 1.54) is 38.7 Å². The summed E-state index contributed by atoms with van der Waals surface area (Å²) in [6.07, 6.45) is 7.89. The summed E-state index contributed by atoms with van der Waals surface area (Å²) >= 11 is 0. The van der Waals surface area contributed by atoms with Crippen molar-refractivity contribution in [2.24, 2.45) is 0 Å². The maximum atomic E-state index is 7.10. The molecule has 4 aromatic rings. The Hall–Kier alpha value is -3.10. The molecule has 0 aromatic heterocycles. The van der Waals surface area contributed by atoms with Gasteiger partial charge in [0, 0.05) is 5.41 Å². The molecule has 1 aliphatic rings. The van der Waals surface area contributed by atoms with Gasteiger partial charge >= 0.3 is 8.32 Å². The molecular weight excluding hydrogens is 440 g/mol. The van der Waals surface area contributed by atoms with Crippen molar-refractivity contribution < 1.29 is 4.43 Å². The highest BCUT2D eigenvalue weighted by atomic mass is 28.4. The molecule has 4 aromatic carbocycles. The summed E-state index contributed by atoms with van der Waals surface area (Å²) in [7, 11) is -2.59. The van der Waals surface area contributed by atoms with Crippen molar-refractivity contribution in [1.82, 2.24) is 0 Å². The van der Waals surface area contributed by atoms with Gasteiger partial charge in [0.25, 0.3) is 0 Å². The maximum Gasteiger partial charge on any atom is 0.319 e. The van der Waals surface area contributed by atoms with Crippen LogP contribution in [0, 0.1) is 0 Å². The lowest BCUT2D eigenvalue weighted by molar-refractivity contribution is 0.422. The molecule has 0 aliphatic heterocycles. The molecule has 1 nitrogen and oxygen atoms in total. The highest BCUT2D eigenvalue weighted by Gasteiger charge is 2.51. The van der Waals surface area contributed by atoms with E-state index in [1.54, 1.807) is 0 Å². The van der Waals surface area contributed by atoms with E-state index in [9.17, 15) is 0 Å². The number of hydrogen-bond donors (Lipinski definition) is 0. The van der Waals surface area contributed by atoms with Gasteiger partial charge in [-0.3, -0.25) is 0 Å². The van der Waals surface area contributed by atoms with Crippen LogP contribution >= 0.6 is 0 Å². The second kappa shape index (κ2) is 9.16. The molecule has 0 N–H and O–H groups in total. The van der Waals surface area contributed by atoms with Crippen LogP contribution in [0.1, 0.15) is 51.7 Å². The van der Waals surface area contributed by atoms with Crippen LogP contribution in [0.5, 0.6) is 0 Å². The molecule has 1 atom stereocenters. The van der Waals surface area contributed by atoms with E-state index in [4.69, 9.17) is 4.43 Å². The van der Waals surface area contributed by atoms with E-state index in [0.717, 1.165) is 12.8 Å². The fourth-order valence-electron chi connectivity index (χ4n) is 5.96. The quantitative estimate of drug-likeness (QED) is 0.214. The summed E-state index contributed by atoms with van der Waals surface area (Å²) in [5, 5.41) is 5.23. The fraction of sp³-hybridized carbons (Fsp3) is 0.273. The molecule has 0 radical (unpaired) electrons. The summed E-state index contributed by atoms with van der Waals surface area (Å²) in [4.78, 5) is 0. The van der Waals surface area contributed by atoms with Gasteiger partial charge in [-0.05, 0) is 62.6 Å². The monoisotopic (exact) mass is 476 g/mol. The van der Waals surface area contributed by atoms with Gasteiger partial charge in [0.2, 0.25) is 0 Å². The van der Waals surface area contributed by atoms with Crippen LogP contribution < -0.4 is 10.4 Å². The first kappa shape index (κ1) is 23.6. The molecule has 178 valence electrons. The summed E-state index contributed by atoms with van der Waals surface area (Å²) in [6.45, 7) is 9.37. The summed E-state index contributed by atoms with van der Waals surface area (Å²) in [6, 6.07) is 35.3. The Morgan fingerprint density at radius 2 is 1.31 bits per heavy atom. The Kier molecular flexibility index (Phi) is 6.19. The number of hydrogen-bond acceptors (Lipinski definition) is 1. The Morgan fingerprint density at radius 1 is 0.771 bits per heavy atom. The number of allylic oxidation sites excluding steroid dienone is 1. The molecule has 2 heteroatoms. The van der Waals surface area contributed by atoms with Gasteiger partial charge in [0.15, 0.2) is 0 Å². The van der Waals surface area contributed by atoms with Crippen molar-refractivity contribution in [3.8, 4) is 0 Å². The highest BCUT2D eigenvalue weighted by Crippen LogP contribution is 2.41. The molecule has 1 unspecified atom stereocenters. The van der Waals surface area contributed by atoms with Crippen LogP contribution in [0.3, 0.4) is 0 Å². The summed E-state index contributed by atoms with van der Waals surface area (Å²) < 4.78 is 7.10. The van der Waals surface area contributed by atoms with Gasteiger partial charge in [-0.25, -0.2) is 0 Å². The van der Waals surface area contributed by atoms with Crippen LogP contribution in [-0.2, 0) is 16.3 Å². The van der Waals surface area contributed by atoms with Crippen molar-refractivity contribution in [2.45, 2.75) is 57.4 Å². The van der Waals surface area contributed by atoms with Crippen LogP contribution in [0.4, 0.5) is 0 Å². The third-order valence-electron chi connectivity index (χ3n) is 7.83. The lowest BCUT2D eigenvalue weighted by Crippen LogP contribution is -2.65. The highest BCUT2D eigenvalue weighted by molar-refractivity contribution is 6.99. The first-order valence-corrected chi connectivity index (χ1v) is 14.7. The smallest absolute Gasteiger partial charge is 0.319 e. The van der Waals surface area contributed by atoms with Crippen LogP contribution in [-0.4, -0.2) is 8.32 Å². The van der Waals surface area contributed by atoms with Gasteiger partial charge in [-0.1, -0.05) is 125 Å². The molecule has 0 fully saturated rings. The van der Waals surface area contributed by atoms with E-state index < -0.39 is 8.32 Å². The van der Waals surface area contributed by atoms with E-state index >= 15 is 0 Å². The largest absolute Gasteiger partial charge is 0.540 e. The van der Waals surface area contributed by atoms with E-state index in [1.807, 2.05) is 0 Å². The fourth-order valence-corrected chi connectivity index (χ4v) is 10.2. The van der Waals surface area contributed by atoms with Gasteiger partial charge in [0.05, 0.1) is 6.26 Å². The predicted octanol–water partition coefficient (Wildman–Crippen LogP) is 7.52. The minimum absolute atomic E-state index is 0.0387. The molecule has 35 heavy (non-hydrogen) atoms. The molecule has 0 spiro atoms. The molecule has 5 rings (SSSR count). The molecule has 1 aliphatic carbocycles. The number of fused-ring (bicyclic) bond motifs is 2. The number of benzene rings is 4. The van der Waals surface area contributed by atoms with Crippen molar-refractivity contribution in [3.63, 3.8) is 0 Å². The minimum Gasteiger partial charge on any atom is -0.540 e. The number of aryl methyl sites for hydroxylation is 1.